The van der Waals surface area contributed by atoms with E-state index in [0.29, 0.717) is 0 Å². The Bertz CT molecular complexity index is 352. The van der Waals surface area contributed by atoms with Gasteiger partial charge in [0.2, 0.25) is 5.91 Å². The topological polar surface area (TPSA) is 32.3 Å². The summed E-state index contributed by atoms with van der Waals surface area (Å²) in [6.07, 6.45) is 0. The van der Waals surface area contributed by atoms with Gasteiger partial charge in [0.25, 0.3) is 0 Å². The smallest absolute Gasteiger partial charge is 0.244 e. The van der Waals surface area contributed by atoms with Crippen LogP contribution in [-0.4, -0.2) is 25.0 Å². The number of piperazine rings is 1. The van der Waals surface area contributed by atoms with Gasteiger partial charge in [0.15, 0.2) is 0 Å². The highest BCUT2D eigenvalue weighted by atomic mass is 79.9. The van der Waals surface area contributed by atoms with Crippen LogP contribution >= 0.6 is 27.3 Å². The lowest BCUT2D eigenvalue weighted by Gasteiger charge is -2.30. The molecule has 2 heterocycles. The number of amides is 1. The SMILES string of the molecule is CC1NCCN(c2ccc(Br)s2)C1=O. The molecule has 2 rings (SSSR count). The van der Waals surface area contributed by atoms with E-state index in [1.165, 1.54) is 0 Å². The van der Waals surface area contributed by atoms with E-state index in [-0.39, 0.29) is 11.9 Å². The van der Waals surface area contributed by atoms with E-state index in [1.807, 2.05) is 24.0 Å². The van der Waals surface area contributed by atoms with Crippen molar-refractivity contribution in [1.29, 1.82) is 0 Å². The van der Waals surface area contributed by atoms with Gasteiger partial charge in [-0.05, 0) is 35.0 Å². The molecule has 14 heavy (non-hydrogen) atoms. The Morgan fingerprint density at radius 3 is 3.07 bits per heavy atom. The molecule has 76 valence electrons. The Morgan fingerprint density at radius 1 is 1.64 bits per heavy atom. The van der Waals surface area contributed by atoms with Crippen molar-refractivity contribution in [2.45, 2.75) is 13.0 Å². The van der Waals surface area contributed by atoms with Crippen LogP contribution in [0.25, 0.3) is 0 Å². The quantitative estimate of drug-likeness (QED) is 0.848. The summed E-state index contributed by atoms with van der Waals surface area (Å²) in [5.41, 5.74) is 0. The van der Waals surface area contributed by atoms with E-state index in [0.717, 1.165) is 21.9 Å². The van der Waals surface area contributed by atoms with Crippen molar-refractivity contribution < 1.29 is 4.79 Å². The van der Waals surface area contributed by atoms with Gasteiger partial charge >= 0.3 is 0 Å². The summed E-state index contributed by atoms with van der Waals surface area (Å²) in [6, 6.07) is 3.88. The van der Waals surface area contributed by atoms with Gasteiger partial charge in [-0.25, -0.2) is 0 Å². The second-order valence-corrected chi connectivity index (χ2v) is 5.68. The van der Waals surface area contributed by atoms with Crippen LogP contribution in [0.4, 0.5) is 5.00 Å². The summed E-state index contributed by atoms with van der Waals surface area (Å²) >= 11 is 4.99. The van der Waals surface area contributed by atoms with Crippen LogP contribution < -0.4 is 10.2 Å². The van der Waals surface area contributed by atoms with E-state index in [1.54, 1.807) is 11.3 Å². The molecule has 5 heteroatoms. The molecule has 0 aliphatic carbocycles. The van der Waals surface area contributed by atoms with E-state index < -0.39 is 0 Å². The number of halogens is 1. The Labute approximate surface area is 95.2 Å². The lowest BCUT2D eigenvalue weighted by atomic mass is 10.2. The first-order valence-corrected chi connectivity index (χ1v) is 6.09. The van der Waals surface area contributed by atoms with Crippen LogP contribution in [0.2, 0.25) is 0 Å². The third-order valence-corrected chi connectivity index (χ3v) is 3.89. The van der Waals surface area contributed by atoms with Crippen molar-refractivity contribution in [3.8, 4) is 0 Å². The lowest BCUT2D eigenvalue weighted by molar-refractivity contribution is -0.121. The van der Waals surface area contributed by atoms with Crippen molar-refractivity contribution >= 4 is 38.2 Å². The Morgan fingerprint density at radius 2 is 2.43 bits per heavy atom. The highest BCUT2D eigenvalue weighted by Crippen LogP contribution is 2.30. The fourth-order valence-corrected chi connectivity index (χ4v) is 2.89. The summed E-state index contributed by atoms with van der Waals surface area (Å²) in [7, 11) is 0. The van der Waals surface area contributed by atoms with Crippen LogP contribution in [0.1, 0.15) is 6.92 Å². The summed E-state index contributed by atoms with van der Waals surface area (Å²) < 4.78 is 1.06. The number of hydrogen-bond donors (Lipinski definition) is 1. The molecule has 1 unspecified atom stereocenters. The highest BCUT2D eigenvalue weighted by Gasteiger charge is 2.26. The minimum Gasteiger partial charge on any atom is -0.304 e. The largest absolute Gasteiger partial charge is 0.304 e. The monoisotopic (exact) mass is 274 g/mol. The zero-order chi connectivity index (χ0) is 10.1. The average molecular weight is 275 g/mol. The third-order valence-electron chi connectivity index (χ3n) is 2.25. The molecule has 0 spiro atoms. The van der Waals surface area contributed by atoms with E-state index in [9.17, 15) is 4.79 Å². The molecule has 3 nitrogen and oxygen atoms in total. The fraction of sp³-hybridized carbons (Fsp3) is 0.444. The number of carbonyl (C=O) groups excluding carboxylic acids is 1. The molecule has 0 bridgehead atoms. The number of hydrogen-bond acceptors (Lipinski definition) is 3. The minimum absolute atomic E-state index is 0.0652. The molecule has 1 aliphatic heterocycles. The summed E-state index contributed by atoms with van der Waals surface area (Å²) in [5, 5.41) is 4.16. The van der Waals surface area contributed by atoms with Crippen molar-refractivity contribution in [1.82, 2.24) is 5.32 Å². The van der Waals surface area contributed by atoms with Crippen LogP contribution in [0.3, 0.4) is 0 Å². The molecular formula is C9H11BrN2OS. The fourth-order valence-electron chi connectivity index (χ4n) is 1.49. The maximum atomic E-state index is 11.8. The van der Waals surface area contributed by atoms with Crippen LogP contribution in [-0.2, 0) is 4.79 Å². The van der Waals surface area contributed by atoms with E-state index in [4.69, 9.17) is 0 Å². The van der Waals surface area contributed by atoms with Crippen molar-refractivity contribution in [2.75, 3.05) is 18.0 Å². The first-order chi connectivity index (χ1) is 6.68. The molecule has 1 fully saturated rings. The molecule has 0 aromatic carbocycles. The number of rotatable bonds is 1. The first-order valence-electron chi connectivity index (χ1n) is 4.48. The Kier molecular flexibility index (Phi) is 2.90. The molecule has 1 aromatic heterocycles. The molecule has 1 amide bonds. The van der Waals surface area contributed by atoms with Crippen molar-refractivity contribution in [3.63, 3.8) is 0 Å². The summed E-state index contributed by atoms with van der Waals surface area (Å²) in [4.78, 5) is 13.6. The third kappa shape index (κ3) is 1.85. The van der Waals surface area contributed by atoms with Gasteiger partial charge in [0.05, 0.1) is 14.8 Å². The number of carbonyl (C=O) groups is 1. The Balaban J connectivity index is 2.21. The molecule has 1 aliphatic rings. The lowest BCUT2D eigenvalue weighted by Crippen LogP contribution is -2.53. The van der Waals surface area contributed by atoms with E-state index in [2.05, 4.69) is 21.2 Å². The number of nitrogens with one attached hydrogen (secondary N) is 1. The molecule has 1 N–H and O–H groups in total. The minimum atomic E-state index is -0.0652. The highest BCUT2D eigenvalue weighted by molar-refractivity contribution is 9.11. The number of nitrogens with zero attached hydrogens (tertiary/aromatic N) is 1. The number of thiophene rings is 1. The molecule has 0 saturated carbocycles. The molecule has 1 saturated heterocycles. The van der Waals surface area contributed by atoms with Crippen molar-refractivity contribution in [3.05, 3.63) is 15.9 Å². The van der Waals surface area contributed by atoms with E-state index >= 15 is 0 Å². The van der Waals surface area contributed by atoms with Crippen LogP contribution in [0.5, 0.6) is 0 Å². The van der Waals surface area contributed by atoms with Gasteiger partial charge in [0.1, 0.15) is 0 Å². The second-order valence-electron chi connectivity index (χ2n) is 3.24. The zero-order valence-electron chi connectivity index (χ0n) is 7.79. The van der Waals surface area contributed by atoms with Gasteiger partial charge < -0.3 is 10.2 Å². The maximum Gasteiger partial charge on any atom is 0.244 e. The van der Waals surface area contributed by atoms with Crippen LogP contribution in [0.15, 0.2) is 15.9 Å². The summed E-state index contributed by atoms with van der Waals surface area (Å²) in [5.74, 6) is 0.158. The normalized spacial score (nSPS) is 22.9. The van der Waals surface area contributed by atoms with Crippen LogP contribution in [0, 0.1) is 0 Å². The maximum absolute atomic E-state index is 11.8. The van der Waals surface area contributed by atoms with Gasteiger partial charge in [-0.2, -0.15) is 0 Å². The van der Waals surface area contributed by atoms with Gasteiger partial charge in [0, 0.05) is 13.1 Å². The first kappa shape index (κ1) is 10.1. The van der Waals surface area contributed by atoms with Gasteiger partial charge in [-0.1, -0.05) is 0 Å². The average Bonchev–Trinajstić information content (AvgIpc) is 2.57. The van der Waals surface area contributed by atoms with Gasteiger partial charge in [-0.3, -0.25) is 4.79 Å². The zero-order valence-corrected chi connectivity index (χ0v) is 10.2. The molecule has 1 atom stereocenters. The van der Waals surface area contributed by atoms with Crippen molar-refractivity contribution in [2.24, 2.45) is 0 Å². The molecule has 0 radical (unpaired) electrons. The number of anilines is 1. The molecule has 1 aromatic rings. The predicted molar refractivity (Wildman–Crippen MR) is 61.8 cm³/mol. The standard InChI is InChI=1S/C9H11BrN2OS/c1-6-9(13)12(5-4-11-6)8-3-2-7(10)14-8/h2-3,6,11H,4-5H2,1H3. The Hall–Kier alpha value is -0.390. The predicted octanol–water partition coefficient (Wildman–Crippen LogP) is 1.84. The second kappa shape index (κ2) is 4.00. The summed E-state index contributed by atoms with van der Waals surface area (Å²) in [6.45, 7) is 3.52. The van der Waals surface area contributed by atoms with Gasteiger partial charge in [-0.15, -0.1) is 11.3 Å². The molecular weight excluding hydrogens is 264 g/mol.